The van der Waals surface area contributed by atoms with Crippen LogP contribution in [-0.4, -0.2) is 42.4 Å². The van der Waals surface area contributed by atoms with Crippen LogP contribution >= 0.6 is 0 Å². The molecule has 0 atom stereocenters. The first-order chi connectivity index (χ1) is 11.5. The Kier molecular flexibility index (Phi) is 5.34. The first kappa shape index (κ1) is 19.1. The van der Waals surface area contributed by atoms with E-state index in [1.54, 1.807) is 13.8 Å². The van der Waals surface area contributed by atoms with Crippen LogP contribution in [0.5, 0.6) is 0 Å². The molecule has 1 heterocycles. The van der Waals surface area contributed by atoms with Gasteiger partial charge in [-0.25, -0.2) is 8.42 Å². The molecule has 0 spiro atoms. The lowest BCUT2D eigenvalue weighted by Gasteiger charge is -2.18. The predicted octanol–water partition coefficient (Wildman–Crippen LogP) is 2.21. The summed E-state index contributed by atoms with van der Waals surface area (Å²) in [5, 5.41) is 9.38. The van der Waals surface area contributed by atoms with Crippen LogP contribution in [0.1, 0.15) is 28.1 Å². The van der Waals surface area contributed by atoms with Crippen molar-refractivity contribution in [1.29, 1.82) is 0 Å². The van der Waals surface area contributed by atoms with E-state index in [1.165, 1.54) is 7.05 Å². The lowest BCUT2D eigenvalue weighted by Crippen LogP contribution is -2.35. The van der Waals surface area contributed by atoms with Gasteiger partial charge in [-0.1, -0.05) is 17.7 Å². The quantitative estimate of drug-likeness (QED) is 0.850. The monoisotopic (exact) mass is 364 g/mol. The SMILES string of the molecule is Cc1cc(C)c(NC(=O)CN(C)S(=O)(=O)c2c(C)n[nH]c2C)c(C)c1. The average Bonchev–Trinajstić information content (AvgIpc) is 2.82. The first-order valence-corrected chi connectivity index (χ1v) is 9.33. The summed E-state index contributed by atoms with van der Waals surface area (Å²) in [6, 6.07) is 3.95. The minimum absolute atomic E-state index is 0.116. The largest absolute Gasteiger partial charge is 0.324 e. The van der Waals surface area contributed by atoms with Crippen molar-refractivity contribution >= 4 is 21.6 Å². The zero-order valence-corrected chi connectivity index (χ0v) is 16.2. The molecule has 0 aliphatic carbocycles. The molecule has 0 fully saturated rings. The smallest absolute Gasteiger partial charge is 0.246 e. The molecule has 0 saturated heterocycles. The third-order valence-corrected chi connectivity index (χ3v) is 6.10. The third-order valence-electron chi connectivity index (χ3n) is 4.04. The van der Waals surface area contributed by atoms with Crippen molar-refractivity contribution in [3.05, 3.63) is 40.2 Å². The van der Waals surface area contributed by atoms with Crippen molar-refractivity contribution in [3.63, 3.8) is 0 Å². The Morgan fingerprint density at radius 3 is 2.20 bits per heavy atom. The van der Waals surface area contributed by atoms with Gasteiger partial charge < -0.3 is 5.32 Å². The van der Waals surface area contributed by atoms with Gasteiger partial charge in [-0.2, -0.15) is 9.40 Å². The number of aryl methyl sites for hydroxylation is 5. The van der Waals surface area contributed by atoms with Gasteiger partial charge >= 0.3 is 0 Å². The number of carbonyl (C=O) groups is 1. The van der Waals surface area contributed by atoms with E-state index >= 15 is 0 Å². The summed E-state index contributed by atoms with van der Waals surface area (Å²) in [6.45, 7) is 8.78. The number of nitrogens with one attached hydrogen (secondary N) is 2. The maximum atomic E-state index is 12.7. The number of amides is 1. The zero-order valence-electron chi connectivity index (χ0n) is 15.4. The van der Waals surface area contributed by atoms with Crippen molar-refractivity contribution in [1.82, 2.24) is 14.5 Å². The molecule has 136 valence electrons. The van der Waals surface area contributed by atoms with Gasteiger partial charge in [0.1, 0.15) is 4.90 Å². The number of sulfonamides is 1. The molecule has 1 aromatic carbocycles. The number of aromatic amines is 1. The number of hydrogen-bond acceptors (Lipinski definition) is 4. The molecule has 0 bridgehead atoms. The van der Waals surface area contributed by atoms with Gasteiger partial charge in [0.05, 0.1) is 17.9 Å². The topological polar surface area (TPSA) is 95.2 Å². The molecule has 7 nitrogen and oxygen atoms in total. The molecular formula is C17H24N4O3S. The van der Waals surface area contributed by atoms with Crippen molar-refractivity contribution in [2.24, 2.45) is 0 Å². The number of rotatable bonds is 5. The lowest BCUT2D eigenvalue weighted by molar-refractivity contribution is -0.116. The number of nitrogens with zero attached hydrogens (tertiary/aromatic N) is 2. The summed E-state index contributed by atoms with van der Waals surface area (Å²) < 4.78 is 26.4. The number of likely N-dealkylation sites (N-methyl/N-ethyl adjacent to an activating group) is 1. The van der Waals surface area contributed by atoms with E-state index in [0.717, 1.165) is 26.7 Å². The van der Waals surface area contributed by atoms with Gasteiger partial charge in [0.25, 0.3) is 0 Å². The third kappa shape index (κ3) is 3.91. The molecule has 0 unspecified atom stereocenters. The van der Waals surface area contributed by atoms with Gasteiger partial charge in [-0.05, 0) is 45.7 Å². The molecule has 1 amide bonds. The number of benzene rings is 1. The molecule has 2 N–H and O–H groups in total. The van der Waals surface area contributed by atoms with E-state index in [4.69, 9.17) is 0 Å². The molecule has 0 aliphatic rings. The summed E-state index contributed by atoms with van der Waals surface area (Å²) in [6.07, 6.45) is 0. The number of H-pyrrole nitrogens is 1. The Hall–Kier alpha value is -2.19. The van der Waals surface area contributed by atoms with E-state index in [-0.39, 0.29) is 17.3 Å². The summed E-state index contributed by atoms with van der Waals surface area (Å²) >= 11 is 0. The average molecular weight is 364 g/mol. The summed E-state index contributed by atoms with van der Waals surface area (Å²) in [5.41, 5.74) is 4.55. The minimum Gasteiger partial charge on any atom is -0.324 e. The fourth-order valence-corrected chi connectivity index (χ4v) is 4.37. The number of hydrogen-bond donors (Lipinski definition) is 2. The van der Waals surface area contributed by atoms with Crippen molar-refractivity contribution in [2.45, 2.75) is 39.5 Å². The van der Waals surface area contributed by atoms with Gasteiger partial charge in [0, 0.05) is 12.7 Å². The second-order valence-electron chi connectivity index (χ2n) is 6.35. The molecule has 8 heteroatoms. The number of carbonyl (C=O) groups excluding carboxylic acids is 1. The van der Waals surface area contributed by atoms with E-state index in [1.807, 2.05) is 32.9 Å². The second-order valence-corrected chi connectivity index (χ2v) is 8.33. The Labute approximate surface area is 148 Å². The van der Waals surface area contributed by atoms with Crippen LogP contribution in [0, 0.1) is 34.6 Å². The van der Waals surface area contributed by atoms with Crippen molar-refractivity contribution in [3.8, 4) is 0 Å². The Balaban J connectivity index is 2.18. The zero-order chi connectivity index (χ0) is 18.9. The minimum atomic E-state index is -3.79. The first-order valence-electron chi connectivity index (χ1n) is 7.89. The molecule has 2 aromatic rings. The van der Waals surface area contributed by atoms with Gasteiger partial charge in [-0.15, -0.1) is 0 Å². The van der Waals surface area contributed by atoms with Crippen LogP contribution in [0.2, 0.25) is 0 Å². The van der Waals surface area contributed by atoms with Crippen LogP contribution in [0.15, 0.2) is 17.0 Å². The Bertz CT molecular complexity index is 873. The van der Waals surface area contributed by atoms with Crippen LogP contribution in [0.4, 0.5) is 5.69 Å². The Morgan fingerprint density at radius 2 is 1.72 bits per heavy atom. The highest BCUT2D eigenvalue weighted by Gasteiger charge is 2.28. The maximum absolute atomic E-state index is 12.7. The number of aromatic nitrogens is 2. The Morgan fingerprint density at radius 1 is 1.16 bits per heavy atom. The van der Waals surface area contributed by atoms with E-state index in [9.17, 15) is 13.2 Å². The standard InChI is InChI=1S/C17H24N4O3S/c1-10-7-11(2)16(12(3)8-10)18-15(22)9-21(6)25(23,24)17-13(4)19-20-14(17)5/h7-8H,9H2,1-6H3,(H,18,22)(H,19,20). The molecular weight excluding hydrogens is 340 g/mol. The van der Waals surface area contributed by atoms with Crippen LogP contribution in [-0.2, 0) is 14.8 Å². The number of anilines is 1. The van der Waals surface area contributed by atoms with Crippen LogP contribution in [0.3, 0.4) is 0 Å². The fourth-order valence-electron chi connectivity index (χ4n) is 2.92. The van der Waals surface area contributed by atoms with Gasteiger partial charge in [0.15, 0.2) is 0 Å². The normalized spacial score (nSPS) is 11.8. The van der Waals surface area contributed by atoms with Gasteiger partial charge in [-0.3, -0.25) is 9.89 Å². The molecule has 1 aromatic heterocycles. The van der Waals surface area contributed by atoms with Crippen molar-refractivity contribution in [2.75, 3.05) is 18.9 Å². The molecule has 0 radical (unpaired) electrons. The molecule has 0 saturated carbocycles. The second kappa shape index (κ2) is 6.97. The van der Waals surface area contributed by atoms with Gasteiger partial charge in [0.2, 0.25) is 15.9 Å². The highest BCUT2D eigenvalue weighted by molar-refractivity contribution is 7.89. The molecule has 0 aliphatic heterocycles. The molecule has 2 rings (SSSR count). The van der Waals surface area contributed by atoms with Crippen molar-refractivity contribution < 1.29 is 13.2 Å². The molecule has 25 heavy (non-hydrogen) atoms. The highest BCUT2D eigenvalue weighted by Crippen LogP contribution is 2.23. The summed E-state index contributed by atoms with van der Waals surface area (Å²) in [7, 11) is -2.41. The maximum Gasteiger partial charge on any atom is 0.246 e. The van der Waals surface area contributed by atoms with Crippen LogP contribution < -0.4 is 5.32 Å². The van der Waals surface area contributed by atoms with E-state index in [0.29, 0.717) is 11.4 Å². The predicted molar refractivity (Wildman–Crippen MR) is 97.2 cm³/mol. The summed E-state index contributed by atoms with van der Waals surface area (Å²) in [5.74, 6) is -0.389. The van der Waals surface area contributed by atoms with Crippen LogP contribution in [0.25, 0.3) is 0 Å². The fraction of sp³-hybridized carbons (Fsp3) is 0.412. The summed E-state index contributed by atoms with van der Waals surface area (Å²) in [4.78, 5) is 12.5. The van der Waals surface area contributed by atoms with E-state index < -0.39 is 10.0 Å². The highest BCUT2D eigenvalue weighted by atomic mass is 32.2. The lowest BCUT2D eigenvalue weighted by atomic mass is 10.1. The van der Waals surface area contributed by atoms with E-state index in [2.05, 4.69) is 15.5 Å².